The van der Waals surface area contributed by atoms with E-state index in [1.807, 2.05) is 25.1 Å². The van der Waals surface area contributed by atoms with Gasteiger partial charge in [-0.1, -0.05) is 6.07 Å². The van der Waals surface area contributed by atoms with Gasteiger partial charge in [-0.25, -0.2) is 0 Å². The predicted molar refractivity (Wildman–Crippen MR) is 64.4 cm³/mol. The van der Waals surface area contributed by atoms with Gasteiger partial charge in [0.1, 0.15) is 5.75 Å². The molecule has 0 fully saturated rings. The first kappa shape index (κ1) is 11.3. The summed E-state index contributed by atoms with van der Waals surface area (Å²) < 4.78 is 5.34. The summed E-state index contributed by atoms with van der Waals surface area (Å²) in [5.74, 6) is 0.733. The lowest BCUT2D eigenvalue weighted by Gasteiger charge is -2.26. The van der Waals surface area contributed by atoms with Crippen molar-refractivity contribution in [1.82, 2.24) is 0 Å². The number of benzene rings is 1. The molecule has 1 aromatic carbocycles. The second-order valence-corrected chi connectivity index (χ2v) is 4.77. The van der Waals surface area contributed by atoms with Gasteiger partial charge in [0.25, 0.3) is 5.91 Å². The van der Waals surface area contributed by atoms with Crippen molar-refractivity contribution < 1.29 is 9.53 Å². The summed E-state index contributed by atoms with van der Waals surface area (Å²) >= 11 is 5.95. The molecule has 0 saturated heterocycles. The first-order valence-electron chi connectivity index (χ1n) is 5.24. The standard InChI is InChI=1S/C12H14ClNO2/c1-8(13)5-9-3-4-11-10(6-9)14(2)12(15)7-16-11/h3-4,6,8H,5,7H2,1-2H3. The van der Waals surface area contributed by atoms with Gasteiger partial charge >= 0.3 is 0 Å². The van der Waals surface area contributed by atoms with Crippen molar-refractivity contribution in [2.75, 3.05) is 18.6 Å². The molecule has 0 N–H and O–H groups in total. The number of hydrogen-bond acceptors (Lipinski definition) is 2. The first-order chi connectivity index (χ1) is 7.58. The Labute approximate surface area is 100.0 Å². The van der Waals surface area contributed by atoms with E-state index in [9.17, 15) is 4.79 Å². The Balaban J connectivity index is 2.33. The molecule has 1 aliphatic rings. The van der Waals surface area contributed by atoms with Crippen molar-refractivity contribution in [3.63, 3.8) is 0 Å². The summed E-state index contributed by atoms with van der Waals surface area (Å²) in [6.45, 7) is 2.07. The molecule has 3 nitrogen and oxygen atoms in total. The average Bonchev–Trinajstić information content (AvgIpc) is 2.23. The molecular weight excluding hydrogens is 226 g/mol. The number of carbonyl (C=O) groups is 1. The molecular formula is C12H14ClNO2. The van der Waals surface area contributed by atoms with Crippen molar-refractivity contribution >= 4 is 23.2 Å². The van der Waals surface area contributed by atoms with Crippen LogP contribution in [0.5, 0.6) is 5.75 Å². The predicted octanol–water partition coefficient (Wildman–Crippen LogP) is 2.21. The van der Waals surface area contributed by atoms with Gasteiger partial charge < -0.3 is 9.64 Å². The Kier molecular flexibility index (Phi) is 3.06. The van der Waals surface area contributed by atoms with Gasteiger partial charge in [-0.05, 0) is 31.0 Å². The van der Waals surface area contributed by atoms with Gasteiger partial charge in [-0.15, -0.1) is 11.6 Å². The van der Waals surface area contributed by atoms with E-state index in [4.69, 9.17) is 16.3 Å². The third-order valence-electron chi connectivity index (χ3n) is 2.63. The molecule has 1 aliphatic heterocycles. The van der Waals surface area contributed by atoms with Crippen LogP contribution in [0.1, 0.15) is 12.5 Å². The van der Waals surface area contributed by atoms with Gasteiger partial charge in [0.15, 0.2) is 6.61 Å². The SMILES string of the molecule is CC(Cl)Cc1ccc2c(c1)N(C)C(=O)CO2. The highest BCUT2D eigenvalue weighted by Crippen LogP contribution is 2.32. The number of alkyl halides is 1. The molecule has 0 aliphatic carbocycles. The van der Waals surface area contributed by atoms with E-state index < -0.39 is 0 Å². The van der Waals surface area contributed by atoms with Crippen LogP contribution in [-0.4, -0.2) is 24.9 Å². The Hall–Kier alpha value is -1.22. The number of halogens is 1. The van der Waals surface area contributed by atoms with Crippen molar-refractivity contribution in [2.45, 2.75) is 18.7 Å². The molecule has 1 aromatic rings. The highest BCUT2D eigenvalue weighted by atomic mass is 35.5. The third-order valence-corrected chi connectivity index (χ3v) is 2.78. The number of amides is 1. The first-order valence-corrected chi connectivity index (χ1v) is 5.68. The Bertz CT molecular complexity index is 417. The number of nitrogens with zero attached hydrogens (tertiary/aromatic N) is 1. The zero-order valence-corrected chi connectivity index (χ0v) is 10.1. The summed E-state index contributed by atoms with van der Waals surface area (Å²) in [5.41, 5.74) is 1.94. The van der Waals surface area contributed by atoms with Crippen LogP contribution >= 0.6 is 11.6 Å². The maximum atomic E-state index is 11.5. The number of hydrogen-bond donors (Lipinski definition) is 0. The molecule has 1 heterocycles. The number of carbonyl (C=O) groups excluding carboxylic acids is 1. The molecule has 86 valence electrons. The summed E-state index contributed by atoms with van der Waals surface area (Å²) in [6.07, 6.45) is 0.789. The molecule has 4 heteroatoms. The molecule has 1 atom stereocenters. The van der Waals surface area contributed by atoms with Crippen molar-refractivity contribution in [2.24, 2.45) is 0 Å². The summed E-state index contributed by atoms with van der Waals surface area (Å²) in [4.78, 5) is 13.1. The van der Waals surface area contributed by atoms with E-state index in [-0.39, 0.29) is 17.9 Å². The average molecular weight is 240 g/mol. The fourth-order valence-electron chi connectivity index (χ4n) is 1.77. The van der Waals surface area contributed by atoms with Crippen molar-refractivity contribution in [3.8, 4) is 5.75 Å². The van der Waals surface area contributed by atoms with Crippen LogP contribution < -0.4 is 9.64 Å². The normalized spacial score (nSPS) is 16.7. The van der Waals surface area contributed by atoms with Crippen molar-refractivity contribution in [1.29, 1.82) is 0 Å². The molecule has 0 aromatic heterocycles. The molecule has 1 unspecified atom stereocenters. The van der Waals surface area contributed by atoms with Crippen LogP contribution in [0.3, 0.4) is 0 Å². The molecule has 0 saturated carbocycles. The molecule has 16 heavy (non-hydrogen) atoms. The monoisotopic (exact) mass is 239 g/mol. The number of anilines is 1. The van der Waals surface area contributed by atoms with E-state index in [0.717, 1.165) is 23.4 Å². The molecule has 0 radical (unpaired) electrons. The minimum atomic E-state index is -0.0245. The van der Waals surface area contributed by atoms with Gasteiger partial charge in [-0.2, -0.15) is 0 Å². The highest BCUT2D eigenvalue weighted by molar-refractivity contribution is 6.20. The zero-order chi connectivity index (χ0) is 11.7. The molecule has 1 amide bonds. The Morgan fingerprint density at radius 3 is 3.00 bits per heavy atom. The van der Waals surface area contributed by atoms with Crippen molar-refractivity contribution in [3.05, 3.63) is 23.8 Å². The summed E-state index contributed by atoms with van der Waals surface area (Å²) in [7, 11) is 1.76. The minimum absolute atomic E-state index is 0.0245. The number of fused-ring (bicyclic) bond motifs is 1. The smallest absolute Gasteiger partial charge is 0.264 e. The molecule has 2 rings (SSSR count). The highest BCUT2D eigenvalue weighted by Gasteiger charge is 2.22. The maximum Gasteiger partial charge on any atom is 0.264 e. The van der Waals surface area contributed by atoms with E-state index in [2.05, 4.69) is 0 Å². The number of ether oxygens (including phenoxy) is 1. The molecule has 0 bridgehead atoms. The summed E-state index contributed by atoms with van der Waals surface area (Å²) in [5, 5.41) is 0.0866. The van der Waals surface area contributed by atoms with Crippen LogP contribution in [0.4, 0.5) is 5.69 Å². The Morgan fingerprint density at radius 1 is 1.56 bits per heavy atom. The van der Waals surface area contributed by atoms with Gasteiger partial charge in [-0.3, -0.25) is 4.79 Å². The number of rotatable bonds is 2. The zero-order valence-electron chi connectivity index (χ0n) is 9.37. The lowest BCUT2D eigenvalue weighted by molar-refractivity contribution is -0.120. The van der Waals surface area contributed by atoms with E-state index >= 15 is 0 Å². The largest absolute Gasteiger partial charge is 0.482 e. The van der Waals surface area contributed by atoms with Crippen LogP contribution in [0.15, 0.2) is 18.2 Å². The van der Waals surface area contributed by atoms with Crippen LogP contribution in [-0.2, 0) is 11.2 Å². The second-order valence-electron chi connectivity index (χ2n) is 4.03. The topological polar surface area (TPSA) is 29.5 Å². The summed E-state index contributed by atoms with van der Waals surface area (Å²) in [6, 6.07) is 5.85. The van der Waals surface area contributed by atoms with Gasteiger partial charge in [0, 0.05) is 12.4 Å². The molecule has 0 spiro atoms. The maximum absolute atomic E-state index is 11.5. The van der Waals surface area contributed by atoms with Crippen LogP contribution in [0, 0.1) is 0 Å². The second kappa shape index (κ2) is 4.34. The van der Waals surface area contributed by atoms with E-state index in [1.54, 1.807) is 11.9 Å². The lowest BCUT2D eigenvalue weighted by atomic mass is 10.1. The Morgan fingerprint density at radius 2 is 2.31 bits per heavy atom. The lowest BCUT2D eigenvalue weighted by Crippen LogP contribution is -2.35. The van der Waals surface area contributed by atoms with Crippen LogP contribution in [0.2, 0.25) is 0 Å². The van der Waals surface area contributed by atoms with Crippen LogP contribution in [0.25, 0.3) is 0 Å². The fraction of sp³-hybridized carbons (Fsp3) is 0.417. The van der Waals surface area contributed by atoms with E-state index in [1.165, 1.54) is 0 Å². The quantitative estimate of drug-likeness (QED) is 0.741. The third kappa shape index (κ3) is 2.14. The number of likely N-dealkylation sites (N-methyl/N-ethyl adjacent to an activating group) is 1. The van der Waals surface area contributed by atoms with E-state index in [0.29, 0.717) is 0 Å². The minimum Gasteiger partial charge on any atom is -0.482 e. The van der Waals surface area contributed by atoms with Gasteiger partial charge in [0.2, 0.25) is 0 Å². The fourth-order valence-corrected chi connectivity index (χ4v) is 1.95. The van der Waals surface area contributed by atoms with Gasteiger partial charge in [0.05, 0.1) is 5.69 Å².